The summed E-state index contributed by atoms with van der Waals surface area (Å²) in [7, 11) is -4.25. The van der Waals surface area contributed by atoms with E-state index in [1.165, 1.54) is 46.9 Å². The monoisotopic (exact) mass is 476 g/mol. The van der Waals surface area contributed by atoms with Crippen LogP contribution in [0.4, 0.5) is 0 Å². The lowest BCUT2D eigenvalue weighted by Gasteiger charge is -2.29. The summed E-state index contributed by atoms with van der Waals surface area (Å²) in [6, 6.07) is 44.3. The fourth-order valence-electron chi connectivity index (χ4n) is 4.22. The van der Waals surface area contributed by atoms with E-state index >= 15 is 0 Å². The average Bonchev–Trinajstić information content (AvgIpc) is 2.81. The van der Waals surface area contributed by atoms with Crippen LogP contribution < -0.4 is 4.89 Å². The predicted octanol–water partition coefficient (Wildman–Crippen LogP) is 6.36. The van der Waals surface area contributed by atoms with E-state index in [9.17, 15) is 0 Å². The van der Waals surface area contributed by atoms with E-state index in [2.05, 4.69) is 121 Å². The van der Waals surface area contributed by atoms with Crippen molar-refractivity contribution < 1.29 is 14.7 Å². The zero-order valence-electron chi connectivity index (χ0n) is 18.6. The highest BCUT2D eigenvalue weighted by molar-refractivity contribution is 7.72. The van der Waals surface area contributed by atoms with Crippen LogP contribution >= 0.6 is 15.9 Å². The van der Waals surface area contributed by atoms with Crippen molar-refractivity contribution in [1.82, 2.24) is 0 Å². The standard InChI is InChI=1S/C28H28P.H2O3P/c1-5-13-25(14-6-1)21-29(22-26-15-7-2-8-16-26,23-27-17-9-3-10-18-27)24-28-19-11-4-12-20-28;1-4(2)3/h1-20H,21-24H2;1-2H/q+1;-1. The zero-order valence-corrected chi connectivity index (χ0v) is 20.4. The molecule has 4 aromatic carbocycles. The van der Waals surface area contributed by atoms with E-state index in [0.717, 1.165) is 0 Å². The lowest BCUT2D eigenvalue weighted by molar-refractivity contribution is -0.193. The SMILES string of the molecule is [O-]P(O)O.c1ccc(C[P+](Cc2ccccc2)(Cc2ccccc2)Cc2ccccc2)cc1. The zero-order chi connectivity index (χ0) is 23.4. The normalized spacial score (nSPS) is 11.0. The fourth-order valence-corrected chi connectivity index (χ4v) is 8.83. The van der Waals surface area contributed by atoms with Gasteiger partial charge in [0.05, 0.1) is 33.3 Å². The summed E-state index contributed by atoms with van der Waals surface area (Å²) >= 11 is 0. The first-order chi connectivity index (χ1) is 16.0. The summed E-state index contributed by atoms with van der Waals surface area (Å²) in [6.45, 7) is 0. The molecule has 0 aliphatic heterocycles. The fraction of sp³-hybridized carbons (Fsp3) is 0.143. The molecule has 3 nitrogen and oxygen atoms in total. The predicted molar refractivity (Wildman–Crippen MR) is 139 cm³/mol. The maximum Gasteiger partial charge on any atom is 0.0852 e. The molecule has 0 amide bonds. The van der Waals surface area contributed by atoms with Crippen LogP contribution in [-0.4, -0.2) is 9.79 Å². The Bertz CT molecular complexity index is 869. The van der Waals surface area contributed by atoms with Crippen molar-refractivity contribution in [3.05, 3.63) is 144 Å². The smallest absolute Gasteiger partial charge is 0.0852 e. The molecule has 2 N–H and O–H groups in total. The van der Waals surface area contributed by atoms with Crippen molar-refractivity contribution in [2.24, 2.45) is 0 Å². The highest BCUT2D eigenvalue weighted by Crippen LogP contribution is 2.68. The summed E-state index contributed by atoms with van der Waals surface area (Å²) in [5.41, 5.74) is 5.85. The van der Waals surface area contributed by atoms with Crippen LogP contribution in [0.15, 0.2) is 121 Å². The van der Waals surface area contributed by atoms with Crippen molar-refractivity contribution in [2.75, 3.05) is 0 Å². The number of rotatable bonds is 8. The molecule has 170 valence electrons. The first-order valence-electron chi connectivity index (χ1n) is 10.9. The molecule has 0 aliphatic rings. The molecular formula is C28H30O3P2. The molecule has 0 saturated heterocycles. The third-order valence-electron chi connectivity index (χ3n) is 5.44. The molecule has 0 saturated carbocycles. The lowest BCUT2D eigenvalue weighted by atomic mass is 10.2. The molecule has 0 atom stereocenters. The number of benzene rings is 4. The topological polar surface area (TPSA) is 63.5 Å². The van der Waals surface area contributed by atoms with Crippen molar-refractivity contribution in [3.8, 4) is 0 Å². The molecule has 0 aromatic heterocycles. The van der Waals surface area contributed by atoms with Crippen molar-refractivity contribution in [1.29, 1.82) is 0 Å². The lowest BCUT2D eigenvalue weighted by Crippen LogP contribution is -2.08. The van der Waals surface area contributed by atoms with Gasteiger partial charge in [-0.25, -0.2) is 0 Å². The van der Waals surface area contributed by atoms with E-state index in [1.807, 2.05) is 0 Å². The Balaban J connectivity index is 0.000000709. The Morgan fingerprint density at radius 3 is 0.818 bits per heavy atom. The van der Waals surface area contributed by atoms with Crippen LogP contribution in [0.1, 0.15) is 22.3 Å². The molecule has 0 spiro atoms. The van der Waals surface area contributed by atoms with E-state index in [0.29, 0.717) is 0 Å². The van der Waals surface area contributed by atoms with Crippen LogP contribution in [-0.2, 0) is 24.6 Å². The van der Waals surface area contributed by atoms with Crippen LogP contribution in [0, 0.1) is 0 Å². The maximum atomic E-state index is 8.70. The largest absolute Gasteiger partial charge is 0.786 e. The van der Waals surface area contributed by atoms with Gasteiger partial charge in [-0.15, -0.1) is 0 Å². The second-order valence-electron chi connectivity index (χ2n) is 8.17. The van der Waals surface area contributed by atoms with E-state index in [1.54, 1.807) is 0 Å². The van der Waals surface area contributed by atoms with E-state index in [4.69, 9.17) is 14.7 Å². The maximum absolute atomic E-state index is 8.70. The van der Waals surface area contributed by atoms with Crippen molar-refractivity contribution in [2.45, 2.75) is 24.6 Å². The van der Waals surface area contributed by atoms with Crippen molar-refractivity contribution >= 4 is 15.9 Å². The first-order valence-corrected chi connectivity index (χ1v) is 14.6. The third-order valence-corrected chi connectivity index (χ3v) is 9.59. The first kappa shape index (κ1) is 25.2. The minimum atomic E-state index is -2.87. The number of hydrogen-bond acceptors (Lipinski definition) is 3. The summed E-state index contributed by atoms with van der Waals surface area (Å²) < 4.78 is 0. The molecule has 4 aromatic rings. The quantitative estimate of drug-likeness (QED) is 0.291. The van der Waals surface area contributed by atoms with Crippen molar-refractivity contribution in [3.63, 3.8) is 0 Å². The van der Waals surface area contributed by atoms with Gasteiger partial charge in [0.1, 0.15) is 0 Å². The summed E-state index contributed by atoms with van der Waals surface area (Å²) in [4.78, 5) is 22.9. The van der Waals surface area contributed by atoms with Crippen LogP contribution in [0.25, 0.3) is 0 Å². The van der Waals surface area contributed by atoms with E-state index < -0.39 is 15.9 Å². The molecular weight excluding hydrogens is 446 g/mol. The molecule has 0 radical (unpaired) electrons. The highest BCUT2D eigenvalue weighted by atomic mass is 31.2. The molecule has 0 fully saturated rings. The van der Waals surface area contributed by atoms with Gasteiger partial charge in [-0.1, -0.05) is 121 Å². The summed E-state index contributed by atoms with van der Waals surface area (Å²) in [5, 5.41) is 0. The Hall–Kier alpha value is -2.38. The van der Waals surface area contributed by atoms with Gasteiger partial charge in [0.15, 0.2) is 0 Å². The van der Waals surface area contributed by atoms with Crippen LogP contribution in [0.3, 0.4) is 0 Å². The third kappa shape index (κ3) is 9.18. The van der Waals surface area contributed by atoms with Gasteiger partial charge in [0.2, 0.25) is 0 Å². The van der Waals surface area contributed by atoms with Gasteiger partial charge in [-0.2, -0.15) is 0 Å². The van der Waals surface area contributed by atoms with Crippen LogP contribution in [0.5, 0.6) is 0 Å². The Morgan fingerprint density at radius 2 is 0.636 bits per heavy atom. The second-order valence-corrected chi connectivity index (χ2v) is 12.6. The highest BCUT2D eigenvalue weighted by Gasteiger charge is 2.38. The molecule has 0 bridgehead atoms. The van der Waals surface area contributed by atoms with Gasteiger partial charge in [0.25, 0.3) is 0 Å². The molecule has 4 rings (SSSR count). The van der Waals surface area contributed by atoms with Gasteiger partial charge < -0.3 is 14.7 Å². The summed E-state index contributed by atoms with van der Waals surface area (Å²) in [5.74, 6) is 0. The molecule has 0 heterocycles. The Labute approximate surface area is 198 Å². The minimum absolute atomic E-state index is 1.17. The Kier molecular flexibility index (Phi) is 10.2. The Morgan fingerprint density at radius 1 is 0.455 bits per heavy atom. The average molecular weight is 476 g/mol. The molecule has 0 aliphatic carbocycles. The van der Waals surface area contributed by atoms with E-state index in [-0.39, 0.29) is 0 Å². The number of hydrogen-bond donors (Lipinski definition) is 2. The summed E-state index contributed by atoms with van der Waals surface area (Å²) in [6.07, 6.45) is 4.69. The molecule has 5 heteroatoms. The molecule has 0 unspecified atom stereocenters. The van der Waals surface area contributed by atoms with Crippen LogP contribution in [0.2, 0.25) is 0 Å². The van der Waals surface area contributed by atoms with Gasteiger partial charge >= 0.3 is 0 Å². The van der Waals surface area contributed by atoms with Gasteiger partial charge in [-0.3, -0.25) is 0 Å². The minimum Gasteiger partial charge on any atom is -0.786 e. The second kappa shape index (κ2) is 13.4. The molecule has 33 heavy (non-hydrogen) atoms. The van der Waals surface area contributed by atoms with Gasteiger partial charge in [-0.05, 0) is 22.3 Å². The van der Waals surface area contributed by atoms with Gasteiger partial charge in [0, 0.05) is 7.26 Å².